The molecule has 2 aromatic heterocycles. The molecule has 0 radical (unpaired) electrons. The van der Waals surface area contributed by atoms with Crippen molar-refractivity contribution in [1.82, 2.24) is 19.7 Å². The van der Waals surface area contributed by atoms with Gasteiger partial charge in [0.25, 0.3) is 0 Å². The molecule has 0 unspecified atom stereocenters. The number of hydrogen-bond acceptors (Lipinski definition) is 4. The van der Waals surface area contributed by atoms with Gasteiger partial charge >= 0.3 is 0 Å². The first kappa shape index (κ1) is 12.8. The van der Waals surface area contributed by atoms with E-state index in [0.717, 1.165) is 30.3 Å². The number of rotatable bonds is 2. The molecule has 0 atom stereocenters. The van der Waals surface area contributed by atoms with E-state index in [2.05, 4.69) is 15.0 Å². The normalized spacial score (nSPS) is 20.5. The van der Waals surface area contributed by atoms with Crippen LogP contribution in [0.5, 0.6) is 0 Å². The summed E-state index contributed by atoms with van der Waals surface area (Å²) in [7, 11) is 1.93. The maximum Gasteiger partial charge on any atom is 0.225 e. The van der Waals surface area contributed by atoms with Crippen LogP contribution in [0.2, 0.25) is 0 Å². The van der Waals surface area contributed by atoms with Crippen molar-refractivity contribution in [2.24, 2.45) is 12.5 Å². The van der Waals surface area contributed by atoms with Gasteiger partial charge in [0.2, 0.25) is 5.95 Å². The molecule has 0 N–H and O–H groups in total. The fraction of sp³-hybridized carbons (Fsp3) is 0.562. The summed E-state index contributed by atoms with van der Waals surface area (Å²) in [6, 6.07) is 1.96. The van der Waals surface area contributed by atoms with Crippen molar-refractivity contribution < 1.29 is 0 Å². The molecule has 0 amide bonds. The van der Waals surface area contributed by atoms with Gasteiger partial charge in [0.05, 0.1) is 11.9 Å². The van der Waals surface area contributed by atoms with Gasteiger partial charge in [0.1, 0.15) is 0 Å². The first-order valence-corrected chi connectivity index (χ1v) is 7.81. The first-order chi connectivity index (χ1) is 10.2. The summed E-state index contributed by atoms with van der Waals surface area (Å²) < 4.78 is 1.81. The van der Waals surface area contributed by atoms with Gasteiger partial charge in [0, 0.05) is 38.1 Å². The highest BCUT2D eigenvalue weighted by Gasteiger charge is 2.40. The van der Waals surface area contributed by atoms with Gasteiger partial charge in [0.15, 0.2) is 0 Å². The van der Waals surface area contributed by atoms with E-state index in [-0.39, 0.29) is 0 Å². The van der Waals surface area contributed by atoms with Crippen molar-refractivity contribution in [1.29, 1.82) is 0 Å². The molecule has 0 bridgehead atoms. The molecule has 4 rings (SSSR count). The molecule has 1 aliphatic heterocycles. The Kier molecular flexibility index (Phi) is 2.94. The standard InChI is InChI=1S/C16H21N5/c1-20-11-13(10-18-20)14-4-8-17-15(19-14)21-9-7-16(12-21)5-2-3-6-16/h4,8,10-11H,2-3,5-7,9,12H2,1H3. The quantitative estimate of drug-likeness (QED) is 0.850. The van der Waals surface area contributed by atoms with Crippen molar-refractivity contribution in [3.8, 4) is 11.3 Å². The van der Waals surface area contributed by atoms with Crippen LogP contribution in [0.25, 0.3) is 11.3 Å². The molecule has 0 aromatic carbocycles. The van der Waals surface area contributed by atoms with Crippen LogP contribution in [0.1, 0.15) is 32.1 Å². The van der Waals surface area contributed by atoms with Gasteiger partial charge in [-0.1, -0.05) is 12.8 Å². The Morgan fingerprint density at radius 1 is 1.19 bits per heavy atom. The van der Waals surface area contributed by atoms with Crippen LogP contribution in [-0.2, 0) is 7.05 Å². The molecule has 2 aliphatic rings. The van der Waals surface area contributed by atoms with Crippen molar-refractivity contribution >= 4 is 5.95 Å². The number of hydrogen-bond donors (Lipinski definition) is 0. The van der Waals surface area contributed by atoms with Gasteiger partial charge in [-0.25, -0.2) is 9.97 Å². The fourth-order valence-electron chi connectivity index (χ4n) is 3.85. The molecule has 2 aromatic rings. The highest BCUT2D eigenvalue weighted by Crippen LogP contribution is 2.45. The average Bonchev–Trinajstić information content (AvgIpc) is 3.23. The summed E-state index contributed by atoms with van der Waals surface area (Å²) in [4.78, 5) is 11.6. The maximum absolute atomic E-state index is 4.75. The SMILES string of the molecule is Cn1cc(-c2ccnc(N3CCC4(CCCC4)C3)n2)cn1. The van der Waals surface area contributed by atoms with Crippen LogP contribution >= 0.6 is 0 Å². The highest BCUT2D eigenvalue weighted by atomic mass is 15.3. The minimum atomic E-state index is 0.549. The molecule has 3 heterocycles. The van der Waals surface area contributed by atoms with E-state index in [1.807, 2.05) is 31.7 Å². The lowest BCUT2D eigenvalue weighted by Crippen LogP contribution is -2.26. The lowest BCUT2D eigenvalue weighted by molar-refractivity contribution is 0.340. The van der Waals surface area contributed by atoms with Crippen LogP contribution in [0.3, 0.4) is 0 Å². The molecule has 1 saturated carbocycles. The summed E-state index contributed by atoms with van der Waals surface area (Å²) in [6.45, 7) is 2.22. The summed E-state index contributed by atoms with van der Waals surface area (Å²) in [5, 5.41) is 4.22. The fourth-order valence-corrected chi connectivity index (χ4v) is 3.85. The molecule has 1 spiro atoms. The van der Waals surface area contributed by atoms with Crippen molar-refractivity contribution in [2.45, 2.75) is 32.1 Å². The summed E-state index contributed by atoms with van der Waals surface area (Å²) in [5.41, 5.74) is 2.56. The average molecular weight is 283 g/mol. The van der Waals surface area contributed by atoms with E-state index >= 15 is 0 Å². The molecular formula is C16H21N5. The minimum Gasteiger partial charge on any atom is -0.340 e. The molecule has 1 saturated heterocycles. The highest BCUT2D eigenvalue weighted by molar-refractivity contribution is 5.58. The summed E-state index contributed by atoms with van der Waals surface area (Å²) in [6.07, 6.45) is 12.6. The number of aromatic nitrogens is 4. The zero-order valence-corrected chi connectivity index (χ0v) is 12.5. The van der Waals surface area contributed by atoms with E-state index in [1.165, 1.54) is 32.1 Å². The molecular weight excluding hydrogens is 262 g/mol. The number of anilines is 1. The van der Waals surface area contributed by atoms with Gasteiger partial charge in [-0.2, -0.15) is 5.10 Å². The smallest absolute Gasteiger partial charge is 0.225 e. The Hall–Kier alpha value is -1.91. The zero-order valence-electron chi connectivity index (χ0n) is 12.5. The predicted molar refractivity (Wildman–Crippen MR) is 82.0 cm³/mol. The van der Waals surface area contributed by atoms with Crippen LogP contribution in [-0.4, -0.2) is 32.8 Å². The Balaban J connectivity index is 1.59. The Labute approximate surface area is 125 Å². The molecule has 21 heavy (non-hydrogen) atoms. The van der Waals surface area contributed by atoms with Crippen molar-refractivity contribution in [2.75, 3.05) is 18.0 Å². The Morgan fingerprint density at radius 2 is 2.05 bits per heavy atom. The third-order valence-corrected chi connectivity index (χ3v) is 5.03. The lowest BCUT2D eigenvalue weighted by atomic mass is 9.86. The van der Waals surface area contributed by atoms with Crippen LogP contribution in [0.15, 0.2) is 24.7 Å². The Bertz CT molecular complexity index is 642. The summed E-state index contributed by atoms with van der Waals surface area (Å²) in [5.74, 6) is 0.875. The van der Waals surface area contributed by atoms with Crippen molar-refractivity contribution in [3.63, 3.8) is 0 Å². The second kappa shape index (κ2) is 4.83. The van der Waals surface area contributed by atoms with Gasteiger partial charge in [-0.15, -0.1) is 0 Å². The molecule has 2 fully saturated rings. The van der Waals surface area contributed by atoms with E-state index in [1.54, 1.807) is 4.68 Å². The van der Waals surface area contributed by atoms with Crippen molar-refractivity contribution in [3.05, 3.63) is 24.7 Å². The maximum atomic E-state index is 4.75. The third-order valence-electron chi connectivity index (χ3n) is 5.03. The van der Waals surface area contributed by atoms with Crippen LogP contribution in [0, 0.1) is 5.41 Å². The van der Waals surface area contributed by atoms with Crippen LogP contribution < -0.4 is 4.90 Å². The predicted octanol–water partition coefficient (Wildman–Crippen LogP) is 2.65. The Morgan fingerprint density at radius 3 is 2.81 bits per heavy atom. The molecule has 5 nitrogen and oxygen atoms in total. The third kappa shape index (κ3) is 2.30. The van der Waals surface area contributed by atoms with E-state index in [0.29, 0.717) is 5.41 Å². The zero-order chi connectivity index (χ0) is 14.3. The van der Waals surface area contributed by atoms with Gasteiger partial charge in [-0.3, -0.25) is 4.68 Å². The molecule has 110 valence electrons. The first-order valence-electron chi connectivity index (χ1n) is 7.81. The largest absolute Gasteiger partial charge is 0.340 e. The van der Waals surface area contributed by atoms with E-state index in [4.69, 9.17) is 4.98 Å². The summed E-state index contributed by atoms with van der Waals surface area (Å²) >= 11 is 0. The van der Waals surface area contributed by atoms with Gasteiger partial charge < -0.3 is 4.90 Å². The molecule has 1 aliphatic carbocycles. The van der Waals surface area contributed by atoms with E-state index < -0.39 is 0 Å². The lowest BCUT2D eigenvalue weighted by Gasteiger charge is -2.23. The minimum absolute atomic E-state index is 0.549. The van der Waals surface area contributed by atoms with E-state index in [9.17, 15) is 0 Å². The van der Waals surface area contributed by atoms with Gasteiger partial charge in [-0.05, 0) is 30.7 Å². The topological polar surface area (TPSA) is 46.8 Å². The number of aryl methyl sites for hydroxylation is 1. The monoisotopic (exact) mass is 283 g/mol. The second-order valence-electron chi connectivity index (χ2n) is 6.52. The molecule has 5 heteroatoms. The second-order valence-corrected chi connectivity index (χ2v) is 6.52. The number of nitrogens with zero attached hydrogens (tertiary/aromatic N) is 5. The van der Waals surface area contributed by atoms with Crippen LogP contribution in [0.4, 0.5) is 5.95 Å².